The van der Waals surface area contributed by atoms with Crippen LogP contribution in [-0.2, 0) is 22.5 Å². The van der Waals surface area contributed by atoms with Gasteiger partial charge in [0.15, 0.2) is 5.54 Å². The molecule has 1 atom stereocenters. The van der Waals surface area contributed by atoms with Gasteiger partial charge in [0.1, 0.15) is 23.9 Å². The van der Waals surface area contributed by atoms with Crippen LogP contribution in [0.15, 0.2) is 77.8 Å². The molecule has 0 spiro atoms. The second kappa shape index (κ2) is 12.3. The van der Waals surface area contributed by atoms with E-state index >= 15 is 0 Å². The molecular formula is C29H32N2O6. The molecule has 2 N–H and O–H groups in total. The van der Waals surface area contributed by atoms with Gasteiger partial charge in [-0.15, -0.1) is 0 Å². The van der Waals surface area contributed by atoms with E-state index in [1.54, 1.807) is 20.3 Å². The molecule has 3 aromatic carbocycles. The van der Waals surface area contributed by atoms with Crippen LogP contribution >= 0.6 is 0 Å². The molecule has 0 saturated heterocycles. The Kier molecular flexibility index (Phi) is 8.64. The molecule has 3 aromatic rings. The van der Waals surface area contributed by atoms with E-state index in [1.165, 1.54) is 0 Å². The summed E-state index contributed by atoms with van der Waals surface area (Å²) in [5.74, 6) is 2.18. The Morgan fingerprint density at radius 2 is 1.78 bits per heavy atom. The highest BCUT2D eigenvalue weighted by Crippen LogP contribution is 2.29. The first kappa shape index (κ1) is 26.0. The molecule has 37 heavy (non-hydrogen) atoms. The number of methoxy groups -OCH3 is 2. The maximum atomic E-state index is 13.6. The van der Waals surface area contributed by atoms with E-state index < -0.39 is 5.54 Å². The van der Waals surface area contributed by atoms with Crippen LogP contribution in [0, 0.1) is 0 Å². The van der Waals surface area contributed by atoms with Crippen molar-refractivity contribution >= 4 is 11.8 Å². The van der Waals surface area contributed by atoms with E-state index in [0.29, 0.717) is 42.6 Å². The summed E-state index contributed by atoms with van der Waals surface area (Å²) in [7, 11) is 3.18. The largest absolute Gasteiger partial charge is 0.497 e. The van der Waals surface area contributed by atoms with Gasteiger partial charge in [-0.2, -0.15) is 0 Å². The Morgan fingerprint density at radius 1 is 1.03 bits per heavy atom. The third kappa shape index (κ3) is 6.40. The van der Waals surface area contributed by atoms with Gasteiger partial charge in [-0.1, -0.05) is 30.3 Å². The Labute approximate surface area is 216 Å². The summed E-state index contributed by atoms with van der Waals surface area (Å²) in [6.07, 6.45) is 0.961. The highest BCUT2D eigenvalue weighted by Gasteiger charge is 2.44. The van der Waals surface area contributed by atoms with E-state index in [1.807, 2.05) is 66.7 Å². The van der Waals surface area contributed by atoms with Crippen LogP contribution < -0.4 is 19.5 Å². The van der Waals surface area contributed by atoms with E-state index in [4.69, 9.17) is 29.0 Å². The van der Waals surface area contributed by atoms with Gasteiger partial charge in [0.25, 0.3) is 5.91 Å². The van der Waals surface area contributed by atoms with E-state index in [0.717, 1.165) is 16.7 Å². The van der Waals surface area contributed by atoms with Gasteiger partial charge in [0.05, 0.1) is 20.8 Å². The number of nitrogens with zero attached hydrogens (tertiary/aromatic N) is 1. The fourth-order valence-corrected chi connectivity index (χ4v) is 4.10. The van der Waals surface area contributed by atoms with Crippen molar-refractivity contribution in [1.82, 2.24) is 5.32 Å². The minimum atomic E-state index is -1.12. The lowest BCUT2D eigenvalue weighted by Crippen LogP contribution is -2.48. The summed E-state index contributed by atoms with van der Waals surface area (Å²) in [5, 5.41) is 12.0. The molecule has 1 amide bonds. The van der Waals surface area contributed by atoms with Crippen molar-refractivity contribution in [3.05, 3.63) is 89.5 Å². The molecule has 1 heterocycles. The topological polar surface area (TPSA) is 98.6 Å². The molecular weight excluding hydrogens is 472 g/mol. The van der Waals surface area contributed by atoms with Gasteiger partial charge in [-0.3, -0.25) is 4.79 Å². The molecule has 0 unspecified atom stereocenters. The average Bonchev–Trinajstić information content (AvgIpc) is 3.37. The summed E-state index contributed by atoms with van der Waals surface area (Å²) < 4.78 is 22.3. The van der Waals surface area contributed by atoms with Gasteiger partial charge >= 0.3 is 0 Å². The molecule has 0 bridgehead atoms. The van der Waals surface area contributed by atoms with Gasteiger partial charge in [-0.05, 0) is 42.0 Å². The standard InChI is InChI=1S/C29H32N2O6/c1-34-25-14-11-23(26(17-25)35-2)19-30-28(33)29(18-21-7-4-3-5-8-21)20-37-27(31-29)22-9-12-24(13-10-22)36-16-6-15-32/h3-5,7-14,17,32H,6,15-16,18-20H2,1-2H3,(H,30,33)/t29-/m1/s1. The number of hydrogen-bond acceptors (Lipinski definition) is 7. The van der Waals surface area contributed by atoms with Crippen LogP contribution in [0.4, 0.5) is 0 Å². The molecule has 0 aliphatic carbocycles. The first-order valence-corrected chi connectivity index (χ1v) is 12.2. The molecule has 1 aliphatic rings. The minimum Gasteiger partial charge on any atom is -0.497 e. The number of rotatable bonds is 12. The fourth-order valence-electron chi connectivity index (χ4n) is 4.10. The second-order valence-electron chi connectivity index (χ2n) is 8.71. The summed E-state index contributed by atoms with van der Waals surface area (Å²) in [4.78, 5) is 18.5. The Hall–Kier alpha value is -4.04. The van der Waals surface area contributed by atoms with E-state index in [-0.39, 0.29) is 25.7 Å². The number of benzene rings is 3. The third-order valence-electron chi connectivity index (χ3n) is 6.13. The van der Waals surface area contributed by atoms with Gasteiger partial charge < -0.3 is 29.4 Å². The lowest BCUT2D eigenvalue weighted by Gasteiger charge is -2.23. The summed E-state index contributed by atoms with van der Waals surface area (Å²) >= 11 is 0. The van der Waals surface area contributed by atoms with Crippen molar-refractivity contribution in [3.8, 4) is 17.2 Å². The van der Waals surface area contributed by atoms with Crippen molar-refractivity contribution in [3.63, 3.8) is 0 Å². The second-order valence-corrected chi connectivity index (χ2v) is 8.71. The summed E-state index contributed by atoms with van der Waals surface area (Å²) in [6.45, 7) is 0.914. The predicted molar refractivity (Wildman–Crippen MR) is 140 cm³/mol. The number of nitrogens with one attached hydrogen (secondary N) is 1. The molecule has 8 nitrogen and oxygen atoms in total. The van der Waals surface area contributed by atoms with E-state index in [9.17, 15) is 4.79 Å². The number of hydrogen-bond donors (Lipinski definition) is 2. The molecule has 0 aromatic heterocycles. The normalized spacial score (nSPS) is 16.5. The van der Waals surface area contributed by atoms with Crippen molar-refractivity contribution < 1.29 is 28.8 Å². The van der Waals surface area contributed by atoms with Gasteiger partial charge in [0.2, 0.25) is 5.90 Å². The van der Waals surface area contributed by atoms with Crippen molar-refractivity contribution in [2.75, 3.05) is 34.0 Å². The van der Waals surface area contributed by atoms with Crippen LogP contribution in [0.3, 0.4) is 0 Å². The Balaban J connectivity index is 1.55. The fraction of sp³-hybridized carbons (Fsp3) is 0.310. The lowest BCUT2D eigenvalue weighted by molar-refractivity contribution is -0.126. The third-order valence-corrected chi connectivity index (χ3v) is 6.13. The Bertz CT molecular complexity index is 1210. The molecule has 194 valence electrons. The first-order valence-electron chi connectivity index (χ1n) is 12.2. The zero-order chi connectivity index (χ0) is 26.1. The van der Waals surface area contributed by atoms with Crippen LogP contribution in [0.5, 0.6) is 17.2 Å². The molecule has 0 fully saturated rings. The van der Waals surface area contributed by atoms with Crippen LogP contribution in [-0.4, -0.2) is 56.5 Å². The quantitative estimate of drug-likeness (QED) is 0.366. The van der Waals surface area contributed by atoms with Crippen molar-refractivity contribution in [2.45, 2.75) is 24.9 Å². The monoisotopic (exact) mass is 504 g/mol. The zero-order valence-corrected chi connectivity index (χ0v) is 21.1. The smallest absolute Gasteiger partial charge is 0.252 e. The van der Waals surface area contributed by atoms with E-state index in [2.05, 4.69) is 5.32 Å². The molecule has 0 radical (unpaired) electrons. The lowest BCUT2D eigenvalue weighted by atomic mass is 9.91. The van der Waals surface area contributed by atoms with Crippen molar-refractivity contribution in [1.29, 1.82) is 0 Å². The number of ether oxygens (including phenoxy) is 4. The highest BCUT2D eigenvalue weighted by molar-refractivity contribution is 6.00. The number of carbonyl (C=O) groups is 1. The van der Waals surface area contributed by atoms with Gasteiger partial charge in [0, 0.05) is 43.2 Å². The first-order chi connectivity index (χ1) is 18.1. The number of aliphatic imine (C=N–C) groups is 1. The summed E-state index contributed by atoms with van der Waals surface area (Å²) in [6, 6.07) is 22.6. The van der Waals surface area contributed by atoms with Gasteiger partial charge in [-0.25, -0.2) is 4.99 Å². The SMILES string of the molecule is COc1ccc(CNC(=O)[C@@]2(Cc3ccccc3)COC(c3ccc(OCCCO)cc3)=N2)c(OC)c1. The number of carbonyl (C=O) groups excluding carboxylic acids is 1. The molecule has 8 heteroatoms. The van der Waals surface area contributed by atoms with Crippen LogP contribution in [0.2, 0.25) is 0 Å². The maximum Gasteiger partial charge on any atom is 0.252 e. The highest BCUT2D eigenvalue weighted by atomic mass is 16.5. The maximum absolute atomic E-state index is 13.6. The average molecular weight is 505 g/mol. The molecule has 4 rings (SSSR count). The minimum absolute atomic E-state index is 0.0829. The van der Waals surface area contributed by atoms with Crippen molar-refractivity contribution in [2.24, 2.45) is 4.99 Å². The predicted octanol–water partition coefficient (Wildman–Crippen LogP) is 3.54. The number of aliphatic hydroxyl groups is 1. The summed E-state index contributed by atoms with van der Waals surface area (Å²) in [5.41, 5.74) is 1.45. The molecule has 0 saturated carbocycles. The number of amides is 1. The van der Waals surface area contributed by atoms with Crippen LogP contribution in [0.1, 0.15) is 23.1 Å². The Morgan fingerprint density at radius 3 is 2.49 bits per heavy atom. The zero-order valence-electron chi connectivity index (χ0n) is 21.1. The van der Waals surface area contributed by atoms with Crippen LogP contribution in [0.25, 0.3) is 0 Å². The molecule has 1 aliphatic heterocycles. The number of aliphatic hydroxyl groups excluding tert-OH is 1.